The van der Waals surface area contributed by atoms with E-state index in [0.717, 1.165) is 5.69 Å². The molecule has 1 aromatic rings. The maximum Gasteiger partial charge on any atom is 0.516 e. The van der Waals surface area contributed by atoms with Gasteiger partial charge in [0.25, 0.3) is 0 Å². The summed E-state index contributed by atoms with van der Waals surface area (Å²) in [7, 11) is 0. The maximum absolute atomic E-state index is 11.9. The molecule has 2 heterocycles. The van der Waals surface area contributed by atoms with Gasteiger partial charge in [0, 0.05) is 5.69 Å². The minimum atomic E-state index is -1.05. The monoisotopic (exact) mass is 266 g/mol. The lowest BCUT2D eigenvalue weighted by atomic mass is 10.1. The number of ether oxygens (including phenoxy) is 2. The third kappa shape index (κ3) is 2.18. The summed E-state index contributed by atoms with van der Waals surface area (Å²) in [5.41, 5.74) is 1.64. The van der Waals surface area contributed by atoms with Gasteiger partial charge in [0.1, 0.15) is 17.9 Å². The van der Waals surface area contributed by atoms with Crippen molar-refractivity contribution >= 4 is 23.8 Å². The largest absolute Gasteiger partial charge is 0.516 e. The standard InChI is InChI=1S/C12H14N2O5/c1-4-18-12(17)19-11(16)9-6(2)7(3)14-5-8(15)13-10(9)14/h4-5H2,1-3H3,(H,13,15). The summed E-state index contributed by atoms with van der Waals surface area (Å²) in [5, 5.41) is 2.58. The zero-order valence-electron chi connectivity index (χ0n) is 10.9. The fourth-order valence-corrected chi connectivity index (χ4v) is 2.03. The molecule has 7 nitrogen and oxygen atoms in total. The van der Waals surface area contributed by atoms with Gasteiger partial charge in [-0.05, 0) is 26.3 Å². The highest BCUT2D eigenvalue weighted by Gasteiger charge is 2.31. The topological polar surface area (TPSA) is 86.6 Å². The molecular weight excluding hydrogens is 252 g/mol. The molecule has 0 fully saturated rings. The quantitative estimate of drug-likeness (QED) is 0.645. The van der Waals surface area contributed by atoms with Crippen LogP contribution in [0.5, 0.6) is 0 Å². The van der Waals surface area contributed by atoms with Crippen LogP contribution >= 0.6 is 0 Å². The molecule has 7 heteroatoms. The number of hydrogen-bond acceptors (Lipinski definition) is 5. The molecule has 1 aliphatic rings. The minimum Gasteiger partial charge on any atom is -0.434 e. The van der Waals surface area contributed by atoms with Gasteiger partial charge in [0.15, 0.2) is 0 Å². The minimum absolute atomic E-state index is 0.120. The van der Waals surface area contributed by atoms with Crippen LogP contribution in [0.25, 0.3) is 0 Å². The van der Waals surface area contributed by atoms with E-state index in [0.29, 0.717) is 11.4 Å². The number of nitrogens with zero attached hydrogens (tertiary/aromatic N) is 1. The molecule has 19 heavy (non-hydrogen) atoms. The molecule has 0 saturated carbocycles. The van der Waals surface area contributed by atoms with Gasteiger partial charge in [-0.15, -0.1) is 0 Å². The summed E-state index contributed by atoms with van der Waals surface area (Å²) >= 11 is 0. The number of esters is 1. The first-order valence-electron chi connectivity index (χ1n) is 5.84. The number of nitrogens with one attached hydrogen (secondary N) is 1. The van der Waals surface area contributed by atoms with E-state index >= 15 is 0 Å². The van der Waals surface area contributed by atoms with Crippen molar-refractivity contribution < 1.29 is 23.9 Å². The average Bonchev–Trinajstić information content (AvgIpc) is 2.78. The Morgan fingerprint density at radius 3 is 2.68 bits per heavy atom. The van der Waals surface area contributed by atoms with Crippen LogP contribution in [0.3, 0.4) is 0 Å². The van der Waals surface area contributed by atoms with Crippen LogP contribution in [0.2, 0.25) is 0 Å². The molecule has 0 saturated heterocycles. The fourth-order valence-electron chi connectivity index (χ4n) is 2.03. The number of carbonyl (C=O) groups is 3. The van der Waals surface area contributed by atoms with Crippen molar-refractivity contribution in [2.45, 2.75) is 27.3 Å². The maximum atomic E-state index is 11.9. The first kappa shape index (κ1) is 13.1. The fraction of sp³-hybridized carbons (Fsp3) is 0.417. The molecule has 2 rings (SSSR count). The molecule has 0 radical (unpaired) electrons. The van der Waals surface area contributed by atoms with E-state index in [9.17, 15) is 14.4 Å². The molecular formula is C12H14N2O5. The predicted molar refractivity (Wildman–Crippen MR) is 65.0 cm³/mol. The molecule has 0 spiro atoms. The Morgan fingerprint density at radius 1 is 1.37 bits per heavy atom. The summed E-state index contributed by atoms with van der Waals surface area (Å²) in [4.78, 5) is 34.4. The third-order valence-corrected chi connectivity index (χ3v) is 3.03. The van der Waals surface area contributed by atoms with Crippen molar-refractivity contribution in [1.82, 2.24) is 4.57 Å². The van der Waals surface area contributed by atoms with Gasteiger partial charge in [-0.1, -0.05) is 0 Å². The highest BCUT2D eigenvalue weighted by molar-refractivity contribution is 6.06. The summed E-state index contributed by atoms with van der Waals surface area (Å²) in [6.45, 7) is 5.41. The van der Waals surface area contributed by atoms with E-state index in [1.807, 2.05) is 0 Å². The Bertz CT molecular complexity index is 573. The lowest BCUT2D eigenvalue weighted by Gasteiger charge is -2.04. The second-order valence-corrected chi connectivity index (χ2v) is 4.14. The van der Waals surface area contributed by atoms with Gasteiger partial charge in [-0.25, -0.2) is 9.59 Å². The number of hydrogen-bond donors (Lipinski definition) is 1. The number of fused-ring (bicyclic) bond motifs is 1. The average molecular weight is 266 g/mol. The van der Waals surface area contributed by atoms with Crippen LogP contribution in [-0.4, -0.2) is 29.2 Å². The van der Waals surface area contributed by atoms with Gasteiger partial charge in [0.2, 0.25) is 5.91 Å². The smallest absolute Gasteiger partial charge is 0.434 e. The van der Waals surface area contributed by atoms with Crippen molar-refractivity contribution in [1.29, 1.82) is 0 Å². The van der Waals surface area contributed by atoms with Crippen LogP contribution in [0.15, 0.2) is 0 Å². The van der Waals surface area contributed by atoms with E-state index in [1.165, 1.54) is 0 Å². The van der Waals surface area contributed by atoms with Crippen LogP contribution in [0.1, 0.15) is 28.5 Å². The molecule has 1 aliphatic heterocycles. The number of amides is 1. The van der Waals surface area contributed by atoms with Crippen molar-refractivity contribution in [2.75, 3.05) is 11.9 Å². The first-order chi connectivity index (χ1) is 8.95. The molecule has 0 bridgehead atoms. The van der Waals surface area contributed by atoms with Crippen molar-refractivity contribution in [3.8, 4) is 0 Å². The number of rotatable bonds is 2. The molecule has 0 aromatic carbocycles. The van der Waals surface area contributed by atoms with E-state index in [1.54, 1.807) is 25.3 Å². The Morgan fingerprint density at radius 2 is 2.05 bits per heavy atom. The zero-order valence-corrected chi connectivity index (χ0v) is 10.9. The predicted octanol–water partition coefficient (Wildman–Crippen LogP) is 1.37. The number of carbonyl (C=O) groups excluding carboxylic acids is 3. The Kier molecular flexibility index (Phi) is 3.28. The second-order valence-electron chi connectivity index (χ2n) is 4.14. The van der Waals surface area contributed by atoms with Crippen LogP contribution in [-0.2, 0) is 20.8 Å². The molecule has 0 atom stereocenters. The zero-order chi connectivity index (χ0) is 14.2. The van der Waals surface area contributed by atoms with E-state index < -0.39 is 12.1 Å². The second kappa shape index (κ2) is 4.75. The lowest BCUT2D eigenvalue weighted by molar-refractivity contribution is -0.115. The molecule has 0 aliphatic carbocycles. The summed E-state index contributed by atoms with van der Waals surface area (Å²) in [6.07, 6.45) is -1.05. The summed E-state index contributed by atoms with van der Waals surface area (Å²) in [6, 6.07) is 0. The van der Waals surface area contributed by atoms with Crippen LogP contribution in [0.4, 0.5) is 10.6 Å². The highest BCUT2D eigenvalue weighted by Crippen LogP contribution is 2.30. The van der Waals surface area contributed by atoms with E-state index in [-0.39, 0.29) is 24.6 Å². The van der Waals surface area contributed by atoms with Crippen LogP contribution < -0.4 is 5.32 Å². The summed E-state index contributed by atoms with van der Waals surface area (Å²) in [5.74, 6) is -0.660. The van der Waals surface area contributed by atoms with E-state index in [4.69, 9.17) is 0 Å². The molecule has 0 unspecified atom stereocenters. The van der Waals surface area contributed by atoms with Gasteiger partial charge in [-0.2, -0.15) is 0 Å². The molecule has 1 aromatic heterocycles. The van der Waals surface area contributed by atoms with Crippen molar-refractivity contribution in [2.24, 2.45) is 0 Å². The SMILES string of the molecule is CCOC(=O)OC(=O)c1c(C)c(C)n2c1NC(=O)C2. The number of anilines is 1. The van der Waals surface area contributed by atoms with Crippen molar-refractivity contribution in [3.63, 3.8) is 0 Å². The van der Waals surface area contributed by atoms with Gasteiger partial charge in [0.05, 0.1) is 6.61 Å². The lowest BCUT2D eigenvalue weighted by Crippen LogP contribution is -2.16. The normalized spacial score (nSPS) is 12.9. The molecule has 102 valence electrons. The third-order valence-electron chi connectivity index (χ3n) is 3.03. The Balaban J connectivity index is 2.31. The molecule has 1 N–H and O–H groups in total. The van der Waals surface area contributed by atoms with Gasteiger partial charge >= 0.3 is 12.1 Å². The molecule has 1 amide bonds. The number of aromatic nitrogens is 1. The van der Waals surface area contributed by atoms with E-state index in [2.05, 4.69) is 14.8 Å². The summed E-state index contributed by atoms with van der Waals surface area (Å²) < 4.78 is 10.8. The Hall–Kier alpha value is -2.31. The van der Waals surface area contributed by atoms with Gasteiger partial charge < -0.3 is 19.4 Å². The highest BCUT2D eigenvalue weighted by atomic mass is 16.7. The Labute approximate surface area is 109 Å². The van der Waals surface area contributed by atoms with Crippen molar-refractivity contribution in [3.05, 3.63) is 16.8 Å². The van der Waals surface area contributed by atoms with Gasteiger partial charge in [-0.3, -0.25) is 4.79 Å². The first-order valence-corrected chi connectivity index (χ1v) is 5.84. The van der Waals surface area contributed by atoms with Crippen LogP contribution in [0, 0.1) is 13.8 Å².